The zero-order chi connectivity index (χ0) is 27.9. The molecule has 0 saturated carbocycles. The van der Waals surface area contributed by atoms with Crippen molar-refractivity contribution in [2.75, 3.05) is 12.0 Å². The lowest BCUT2D eigenvalue weighted by atomic mass is 9.96. The van der Waals surface area contributed by atoms with Crippen LogP contribution in [-0.4, -0.2) is 24.0 Å². The number of carbonyl (C=O) groups excluding carboxylic acids is 2. The molecule has 0 aliphatic rings. The average molecular weight is 533 g/mol. The second kappa shape index (κ2) is 9.67. The summed E-state index contributed by atoms with van der Waals surface area (Å²) in [5, 5.41) is 0. The topological polar surface area (TPSA) is 85.5 Å². The Morgan fingerprint density at radius 2 is 1.57 bits per heavy atom. The quantitative estimate of drug-likeness (QED) is 0.411. The lowest BCUT2D eigenvalue weighted by Gasteiger charge is -2.24. The van der Waals surface area contributed by atoms with E-state index in [2.05, 4.69) is 4.98 Å². The molecule has 3 aromatic rings. The van der Waals surface area contributed by atoms with Gasteiger partial charge in [0.25, 0.3) is 5.91 Å². The van der Waals surface area contributed by atoms with Gasteiger partial charge >= 0.3 is 18.4 Å². The van der Waals surface area contributed by atoms with Crippen LogP contribution < -0.4 is 15.4 Å². The number of pyridine rings is 1. The summed E-state index contributed by atoms with van der Waals surface area (Å²) in [4.78, 5) is 29.4. The number of imide groups is 1. The number of halogens is 8. The number of urea groups is 1. The molecular weight excluding hydrogens is 518 g/mol. The Hall–Kier alpha value is -4.23. The molecule has 0 bridgehead atoms. The van der Waals surface area contributed by atoms with Gasteiger partial charge in [-0.05, 0) is 36.8 Å². The van der Waals surface area contributed by atoms with E-state index in [4.69, 9.17) is 10.5 Å². The first-order chi connectivity index (χ1) is 17.1. The predicted octanol–water partition coefficient (Wildman–Crippen LogP) is 6.11. The summed E-state index contributed by atoms with van der Waals surface area (Å²) in [5.74, 6) is -4.60. The molecule has 0 unspecified atom stereocenters. The Morgan fingerprint density at radius 3 is 2.11 bits per heavy atom. The number of ether oxygens (including phenoxy) is 1. The normalized spacial score (nSPS) is 11.8. The molecule has 2 N–H and O–H groups in total. The van der Waals surface area contributed by atoms with Crippen LogP contribution in [0.4, 0.5) is 45.6 Å². The van der Waals surface area contributed by atoms with Gasteiger partial charge in [0.05, 0.1) is 30.1 Å². The van der Waals surface area contributed by atoms with Gasteiger partial charge < -0.3 is 10.5 Å². The predicted molar refractivity (Wildman–Crippen MR) is 114 cm³/mol. The minimum Gasteiger partial charge on any atom is -0.496 e. The van der Waals surface area contributed by atoms with Gasteiger partial charge in [-0.15, -0.1) is 0 Å². The first-order valence-corrected chi connectivity index (χ1v) is 9.98. The molecule has 1 heterocycles. The third-order valence-corrected chi connectivity index (χ3v) is 5.27. The minimum absolute atomic E-state index is 0.0751. The highest BCUT2D eigenvalue weighted by Gasteiger charge is 2.40. The molecule has 0 radical (unpaired) electrons. The van der Waals surface area contributed by atoms with E-state index in [1.165, 1.54) is 0 Å². The fraction of sp³-hybridized carbons (Fsp3) is 0.174. The van der Waals surface area contributed by atoms with Crippen molar-refractivity contribution in [2.45, 2.75) is 19.3 Å². The SMILES string of the molecule is COc1cc(F)c(F)cc1-c1ccncc1N(C(N)=O)C(=O)c1cc(C(F)(F)F)cc(C(F)(F)F)c1C. The van der Waals surface area contributed by atoms with Crippen molar-refractivity contribution in [2.24, 2.45) is 5.73 Å². The van der Waals surface area contributed by atoms with Gasteiger partial charge in [0.15, 0.2) is 11.6 Å². The fourth-order valence-corrected chi connectivity index (χ4v) is 3.54. The number of methoxy groups -OCH3 is 1. The molecule has 0 atom stereocenters. The molecule has 2 aromatic carbocycles. The van der Waals surface area contributed by atoms with Crippen LogP contribution >= 0.6 is 0 Å². The first kappa shape index (κ1) is 27.4. The van der Waals surface area contributed by atoms with Crippen LogP contribution in [-0.2, 0) is 12.4 Å². The highest BCUT2D eigenvalue weighted by atomic mass is 19.4. The summed E-state index contributed by atoms with van der Waals surface area (Å²) in [5.41, 5.74) is -1.29. The van der Waals surface area contributed by atoms with E-state index in [9.17, 15) is 44.7 Å². The number of anilines is 1. The monoisotopic (exact) mass is 533 g/mol. The number of rotatable bonds is 4. The Kier molecular flexibility index (Phi) is 7.15. The molecule has 37 heavy (non-hydrogen) atoms. The van der Waals surface area contributed by atoms with Crippen molar-refractivity contribution in [3.63, 3.8) is 0 Å². The van der Waals surface area contributed by atoms with E-state index >= 15 is 0 Å². The van der Waals surface area contributed by atoms with E-state index in [0.29, 0.717) is 12.1 Å². The van der Waals surface area contributed by atoms with Crippen molar-refractivity contribution in [3.05, 3.63) is 76.6 Å². The summed E-state index contributed by atoms with van der Waals surface area (Å²) < 4.78 is 113. The van der Waals surface area contributed by atoms with Crippen LogP contribution in [0, 0.1) is 18.6 Å². The van der Waals surface area contributed by atoms with Crippen molar-refractivity contribution >= 4 is 17.6 Å². The molecule has 0 saturated heterocycles. The molecule has 196 valence electrons. The fourth-order valence-electron chi connectivity index (χ4n) is 3.54. The zero-order valence-corrected chi connectivity index (χ0v) is 18.8. The van der Waals surface area contributed by atoms with Gasteiger partial charge in [-0.1, -0.05) is 0 Å². The number of aromatic nitrogens is 1. The number of nitrogens with zero attached hydrogens (tertiary/aromatic N) is 2. The average Bonchev–Trinajstić information content (AvgIpc) is 2.79. The number of nitrogens with two attached hydrogens (primary N) is 1. The lowest BCUT2D eigenvalue weighted by Crippen LogP contribution is -2.42. The smallest absolute Gasteiger partial charge is 0.416 e. The van der Waals surface area contributed by atoms with Crippen LogP contribution in [0.3, 0.4) is 0 Å². The zero-order valence-electron chi connectivity index (χ0n) is 18.8. The molecule has 14 heteroatoms. The standard InChI is InChI=1S/C23H15F8N3O3/c1-10-13(5-11(22(26,27)28)6-15(10)23(29,30)31)20(35)34(21(32)36)18-9-33-4-3-12(18)14-7-16(24)17(25)8-19(14)37-2/h3-9H,1-2H3,(H2,32,36). The van der Waals surface area contributed by atoms with Crippen LogP contribution in [0.1, 0.15) is 27.0 Å². The van der Waals surface area contributed by atoms with E-state index in [1.54, 1.807) is 0 Å². The van der Waals surface area contributed by atoms with Gasteiger partial charge in [0, 0.05) is 29.0 Å². The van der Waals surface area contributed by atoms with Crippen LogP contribution in [0.2, 0.25) is 0 Å². The largest absolute Gasteiger partial charge is 0.496 e. The van der Waals surface area contributed by atoms with Crippen LogP contribution in [0.15, 0.2) is 42.7 Å². The molecule has 0 spiro atoms. The molecule has 0 fully saturated rings. The molecule has 0 aliphatic carbocycles. The number of hydrogen-bond acceptors (Lipinski definition) is 4. The highest BCUT2D eigenvalue weighted by molar-refractivity contribution is 6.22. The molecular formula is C23H15F8N3O3. The summed E-state index contributed by atoms with van der Waals surface area (Å²) in [6, 6.07) is 0.796. The van der Waals surface area contributed by atoms with Gasteiger partial charge in [0.2, 0.25) is 0 Å². The third-order valence-electron chi connectivity index (χ3n) is 5.27. The van der Waals surface area contributed by atoms with Crippen molar-refractivity contribution in [1.82, 2.24) is 4.98 Å². The molecule has 0 aliphatic heterocycles. The minimum atomic E-state index is -5.28. The van der Waals surface area contributed by atoms with Crippen molar-refractivity contribution in [1.29, 1.82) is 0 Å². The lowest BCUT2D eigenvalue weighted by molar-refractivity contribution is -0.143. The Labute approximate surface area is 203 Å². The molecule has 1 aromatic heterocycles. The number of benzene rings is 2. The molecule has 6 nitrogen and oxygen atoms in total. The maximum atomic E-state index is 14.0. The number of hydrogen-bond donors (Lipinski definition) is 1. The van der Waals surface area contributed by atoms with E-state index < -0.39 is 63.9 Å². The maximum absolute atomic E-state index is 14.0. The van der Waals surface area contributed by atoms with E-state index in [1.807, 2.05) is 0 Å². The highest BCUT2D eigenvalue weighted by Crippen LogP contribution is 2.41. The molecule has 3 amide bonds. The second-order valence-electron chi connectivity index (χ2n) is 7.53. The second-order valence-corrected chi connectivity index (χ2v) is 7.53. The van der Waals surface area contributed by atoms with Gasteiger partial charge in [0.1, 0.15) is 5.75 Å². The Bertz CT molecular complexity index is 1390. The summed E-state index contributed by atoms with van der Waals surface area (Å²) in [6.07, 6.45) is -8.61. The Morgan fingerprint density at radius 1 is 0.946 bits per heavy atom. The van der Waals surface area contributed by atoms with Crippen molar-refractivity contribution in [3.8, 4) is 16.9 Å². The third kappa shape index (κ3) is 5.32. The van der Waals surface area contributed by atoms with Gasteiger partial charge in [-0.3, -0.25) is 9.78 Å². The van der Waals surface area contributed by atoms with Crippen LogP contribution in [0.25, 0.3) is 11.1 Å². The maximum Gasteiger partial charge on any atom is 0.416 e. The van der Waals surface area contributed by atoms with Gasteiger partial charge in [-0.25, -0.2) is 18.5 Å². The summed E-state index contributed by atoms with van der Waals surface area (Å²) in [7, 11) is 1.10. The summed E-state index contributed by atoms with van der Waals surface area (Å²) in [6.45, 7) is 0.748. The van der Waals surface area contributed by atoms with E-state index in [0.717, 1.165) is 32.5 Å². The number of carbonyl (C=O) groups is 2. The van der Waals surface area contributed by atoms with Crippen molar-refractivity contribution < 1.29 is 49.4 Å². The summed E-state index contributed by atoms with van der Waals surface area (Å²) >= 11 is 0. The van der Waals surface area contributed by atoms with Gasteiger partial charge in [-0.2, -0.15) is 26.3 Å². The number of alkyl halides is 6. The molecule has 3 rings (SSSR count). The number of primary amides is 1. The first-order valence-electron chi connectivity index (χ1n) is 9.98. The van der Waals surface area contributed by atoms with E-state index in [-0.39, 0.29) is 33.9 Å². The van der Waals surface area contributed by atoms with Crippen LogP contribution in [0.5, 0.6) is 5.75 Å². The Balaban J connectivity index is 2.30. The number of amides is 3.